The van der Waals surface area contributed by atoms with Crippen molar-refractivity contribution in [1.29, 1.82) is 0 Å². The highest BCUT2D eigenvalue weighted by Gasteiger charge is 2.17. The van der Waals surface area contributed by atoms with Gasteiger partial charge < -0.3 is 14.2 Å². The molecule has 0 aliphatic carbocycles. The number of benzene rings is 2. The molecule has 0 N–H and O–H groups in total. The fourth-order valence-electron chi connectivity index (χ4n) is 3.50. The lowest BCUT2D eigenvalue weighted by Gasteiger charge is -2.24. The second kappa shape index (κ2) is 7.18. The molecule has 0 radical (unpaired) electrons. The van der Waals surface area contributed by atoms with Crippen molar-refractivity contribution >= 4 is 33.3 Å². The van der Waals surface area contributed by atoms with Crippen molar-refractivity contribution in [2.24, 2.45) is 0 Å². The van der Waals surface area contributed by atoms with Gasteiger partial charge in [0.2, 0.25) is 5.43 Å². The van der Waals surface area contributed by atoms with Crippen molar-refractivity contribution in [2.45, 2.75) is 27.7 Å². The smallest absolute Gasteiger partial charge is 0.200 e. The molecule has 3 aromatic rings. The van der Waals surface area contributed by atoms with Gasteiger partial charge in [0.05, 0.1) is 22.1 Å². The highest BCUT2D eigenvalue weighted by atomic mass is 16.3. The highest BCUT2D eigenvalue weighted by molar-refractivity contribution is 5.99. The Morgan fingerprint density at radius 3 is 1.48 bits per heavy atom. The third-order valence-corrected chi connectivity index (χ3v) is 4.89. The predicted octanol–water partition coefficient (Wildman–Crippen LogP) is 4.64. The van der Waals surface area contributed by atoms with E-state index in [0.717, 1.165) is 37.6 Å². The van der Waals surface area contributed by atoms with Crippen LogP contribution in [0, 0.1) is 0 Å². The highest BCUT2D eigenvalue weighted by Crippen LogP contribution is 2.32. The molecule has 0 spiro atoms. The zero-order valence-corrected chi connectivity index (χ0v) is 15.5. The summed E-state index contributed by atoms with van der Waals surface area (Å²) in [5, 5.41) is 1.29. The lowest BCUT2D eigenvalue weighted by Crippen LogP contribution is -2.23. The largest absolute Gasteiger partial charge is 0.451 e. The van der Waals surface area contributed by atoms with Crippen LogP contribution in [0.2, 0.25) is 0 Å². The van der Waals surface area contributed by atoms with Crippen LogP contribution >= 0.6 is 0 Å². The third kappa shape index (κ3) is 2.86. The second-order valence-corrected chi connectivity index (χ2v) is 6.08. The van der Waals surface area contributed by atoms with E-state index < -0.39 is 0 Å². The van der Waals surface area contributed by atoms with Gasteiger partial charge in [0.15, 0.2) is 11.2 Å². The van der Waals surface area contributed by atoms with Gasteiger partial charge in [-0.15, -0.1) is 0 Å². The molecule has 132 valence electrons. The maximum atomic E-state index is 13.1. The van der Waals surface area contributed by atoms with E-state index in [1.54, 1.807) is 0 Å². The zero-order chi connectivity index (χ0) is 18.0. The van der Waals surface area contributed by atoms with Crippen molar-refractivity contribution in [3.63, 3.8) is 0 Å². The van der Waals surface area contributed by atoms with E-state index in [-0.39, 0.29) is 5.43 Å². The quantitative estimate of drug-likeness (QED) is 0.614. The summed E-state index contributed by atoms with van der Waals surface area (Å²) >= 11 is 0. The molecule has 0 saturated heterocycles. The molecule has 0 saturated carbocycles. The van der Waals surface area contributed by atoms with Gasteiger partial charge in [0.1, 0.15) is 0 Å². The lowest BCUT2D eigenvalue weighted by atomic mass is 10.1. The van der Waals surface area contributed by atoms with E-state index in [1.807, 2.05) is 36.4 Å². The number of anilines is 2. The van der Waals surface area contributed by atoms with Crippen molar-refractivity contribution in [1.82, 2.24) is 0 Å². The van der Waals surface area contributed by atoms with Crippen molar-refractivity contribution < 1.29 is 4.42 Å². The minimum absolute atomic E-state index is 0.0410. The summed E-state index contributed by atoms with van der Waals surface area (Å²) in [6, 6.07) is 11.7. The Bertz CT molecular complexity index is 865. The summed E-state index contributed by atoms with van der Waals surface area (Å²) < 4.78 is 6.38. The number of para-hydroxylation sites is 2. The summed E-state index contributed by atoms with van der Waals surface area (Å²) in [7, 11) is 0. The Kier molecular flexibility index (Phi) is 4.98. The van der Waals surface area contributed by atoms with Crippen LogP contribution in [-0.2, 0) is 0 Å². The van der Waals surface area contributed by atoms with Gasteiger partial charge in [-0.25, -0.2) is 0 Å². The van der Waals surface area contributed by atoms with Crippen LogP contribution < -0.4 is 15.2 Å². The SMILES string of the molecule is CCN(CC)c1cccc2c(=O)c3cccc(N(CC)CC)c3oc12. The molecule has 2 aromatic carbocycles. The molecule has 25 heavy (non-hydrogen) atoms. The normalized spacial score (nSPS) is 11.2. The molecule has 0 bridgehead atoms. The number of hydrogen-bond acceptors (Lipinski definition) is 4. The Morgan fingerprint density at radius 2 is 1.12 bits per heavy atom. The molecular weight excluding hydrogens is 312 g/mol. The average Bonchev–Trinajstić information content (AvgIpc) is 2.65. The number of rotatable bonds is 6. The van der Waals surface area contributed by atoms with Crippen LogP contribution in [0.4, 0.5) is 11.4 Å². The molecule has 0 unspecified atom stereocenters. The van der Waals surface area contributed by atoms with Gasteiger partial charge >= 0.3 is 0 Å². The van der Waals surface area contributed by atoms with Gasteiger partial charge in [-0.1, -0.05) is 12.1 Å². The number of fused-ring (bicyclic) bond motifs is 2. The summed E-state index contributed by atoms with van der Waals surface area (Å²) in [6.45, 7) is 11.9. The summed E-state index contributed by atoms with van der Waals surface area (Å²) in [4.78, 5) is 17.5. The average molecular weight is 338 g/mol. The van der Waals surface area contributed by atoms with Crippen LogP contribution in [0.25, 0.3) is 21.9 Å². The molecule has 4 heteroatoms. The Balaban J connectivity index is 2.41. The first-order valence-corrected chi connectivity index (χ1v) is 9.14. The van der Waals surface area contributed by atoms with Crippen LogP contribution in [0.5, 0.6) is 0 Å². The van der Waals surface area contributed by atoms with E-state index in [2.05, 4.69) is 37.5 Å². The first kappa shape index (κ1) is 17.3. The van der Waals surface area contributed by atoms with Crippen LogP contribution in [-0.4, -0.2) is 26.2 Å². The van der Waals surface area contributed by atoms with Gasteiger partial charge in [-0.2, -0.15) is 0 Å². The topological polar surface area (TPSA) is 36.7 Å². The Hall–Kier alpha value is -2.49. The molecule has 1 aromatic heterocycles. The molecule has 0 aliphatic heterocycles. The van der Waals surface area contributed by atoms with Crippen molar-refractivity contribution in [3.8, 4) is 0 Å². The summed E-state index contributed by atoms with van der Waals surface area (Å²) in [6.07, 6.45) is 0. The molecule has 0 fully saturated rings. The fraction of sp³-hybridized carbons (Fsp3) is 0.381. The maximum Gasteiger partial charge on any atom is 0.200 e. The van der Waals surface area contributed by atoms with Crippen LogP contribution in [0.1, 0.15) is 27.7 Å². The number of nitrogens with zero attached hydrogens (tertiary/aromatic N) is 2. The van der Waals surface area contributed by atoms with Gasteiger partial charge in [0.25, 0.3) is 0 Å². The minimum Gasteiger partial charge on any atom is -0.451 e. The number of hydrogen-bond donors (Lipinski definition) is 0. The monoisotopic (exact) mass is 338 g/mol. The molecule has 1 heterocycles. The lowest BCUT2D eigenvalue weighted by molar-refractivity contribution is 0.653. The molecule has 0 atom stereocenters. The van der Waals surface area contributed by atoms with E-state index in [4.69, 9.17) is 4.42 Å². The fourth-order valence-corrected chi connectivity index (χ4v) is 3.50. The molecule has 4 nitrogen and oxygen atoms in total. The van der Waals surface area contributed by atoms with E-state index >= 15 is 0 Å². The van der Waals surface area contributed by atoms with Crippen LogP contribution in [0.3, 0.4) is 0 Å². The van der Waals surface area contributed by atoms with Crippen molar-refractivity contribution in [3.05, 3.63) is 46.6 Å². The van der Waals surface area contributed by atoms with Gasteiger partial charge in [-0.05, 0) is 52.0 Å². The molecule has 3 rings (SSSR count). The first-order valence-electron chi connectivity index (χ1n) is 9.14. The zero-order valence-electron chi connectivity index (χ0n) is 15.5. The first-order chi connectivity index (χ1) is 12.2. The Morgan fingerprint density at radius 1 is 0.720 bits per heavy atom. The Labute approximate surface area is 148 Å². The maximum absolute atomic E-state index is 13.1. The van der Waals surface area contributed by atoms with Crippen LogP contribution in [0.15, 0.2) is 45.6 Å². The van der Waals surface area contributed by atoms with Crippen molar-refractivity contribution in [2.75, 3.05) is 36.0 Å². The van der Waals surface area contributed by atoms with Gasteiger partial charge in [0, 0.05) is 26.2 Å². The molecule has 0 amide bonds. The third-order valence-electron chi connectivity index (χ3n) is 4.89. The summed E-state index contributed by atoms with van der Waals surface area (Å²) in [5.74, 6) is 0. The minimum atomic E-state index is 0.0410. The standard InChI is InChI=1S/C21H26N2O2/c1-5-22(6-2)17-13-9-11-15-19(24)16-12-10-14-18(23(7-3)8-4)21(16)25-20(15)17/h9-14H,5-8H2,1-4H3. The predicted molar refractivity (Wildman–Crippen MR) is 107 cm³/mol. The van der Waals surface area contributed by atoms with E-state index in [1.165, 1.54) is 0 Å². The second-order valence-electron chi connectivity index (χ2n) is 6.08. The summed E-state index contributed by atoms with van der Waals surface area (Å²) in [5.41, 5.74) is 3.37. The molecular formula is C21H26N2O2. The van der Waals surface area contributed by atoms with Gasteiger partial charge in [-0.3, -0.25) is 4.79 Å². The van der Waals surface area contributed by atoms with E-state index in [9.17, 15) is 4.79 Å². The molecule has 0 aliphatic rings. The van der Waals surface area contributed by atoms with E-state index in [0.29, 0.717) is 21.9 Å².